The fourth-order valence-electron chi connectivity index (χ4n) is 1.73. The summed E-state index contributed by atoms with van der Waals surface area (Å²) in [5, 5.41) is 0. The van der Waals surface area contributed by atoms with Gasteiger partial charge in [0.05, 0.1) is 6.61 Å². The molecule has 0 amide bonds. The molecule has 1 spiro atoms. The Morgan fingerprint density at radius 1 is 1.58 bits per heavy atom. The second kappa shape index (κ2) is 2.47. The lowest BCUT2D eigenvalue weighted by atomic mass is 10.1. The van der Waals surface area contributed by atoms with Gasteiger partial charge < -0.3 is 4.74 Å². The zero-order valence-corrected chi connectivity index (χ0v) is 7.12. The summed E-state index contributed by atoms with van der Waals surface area (Å²) in [7, 11) is 0. The van der Waals surface area contributed by atoms with Crippen molar-refractivity contribution in [3.63, 3.8) is 0 Å². The molecule has 0 radical (unpaired) electrons. The first-order chi connectivity index (χ1) is 5.73. The second-order valence-electron chi connectivity index (χ2n) is 3.53. The molecule has 0 heterocycles. The van der Waals surface area contributed by atoms with Crippen molar-refractivity contribution in [2.24, 2.45) is 11.3 Å². The molecule has 0 aromatic carbocycles. The summed E-state index contributed by atoms with van der Waals surface area (Å²) in [6, 6.07) is 0. The van der Waals surface area contributed by atoms with Crippen LogP contribution in [0.1, 0.15) is 13.3 Å². The van der Waals surface area contributed by atoms with Crippen molar-refractivity contribution in [2.45, 2.75) is 13.3 Å². The van der Waals surface area contributed by atoms with Crippen LogP contribution >= 0.6 is 0 Å². The summed E-state index contributed by atoms with van der Waals surface area (Å²) in [6.45, 7) is 2.03. The third-order valence-electron chi connectivity index (χ3n) is 2.61. The molecule has 1 fully saturated rings. The Kier molecular flexibility index (Phi) is 1.56. The van der Waals surface area contributed by atoms with Crippen molar-refractivity contribution < 1.29 is 9.53 Å². The van der Waals surface area contributed by atoms with Crippen molar-refractivity contribution in [3.8, 4) is 0 Å². The minimum Gasteiger partial charge on any atom is -0.466 e. The number of esters is 1. The molecule has 0 aromatic heterocycles. The van der Waals surface area contributed by atoms with Gasteiger partial charge in [-0.3, -0.25) is 4.79 Å². The number of hydrogen-bond donors (Lipinski definition) is 0. The molecule has 1 atom stereocenters. The van der Waals surface area contributed by atoms with Crippen LogP contribution in [0.2, 0.25) is 0 Å². The quantitative estimate of drug-likeness (QED) is 0.580. The number of rotatable bonds is 2. The molecule has 0 unspecified atom stereocenters. The van der Waals surface area contributed by atoms with Crippen molar-refractivity contribution >= 4 is 5.97 Å². The van der Waals surface area contributed by atoms with Gasteiger partial charge in [-0.25, -0.2) is 0 Å². The van der Waals surface area contributed by atoms with E-state index in [-0.39, 0.29) is 11.4 Å². The predicted octanol–water partition coefficient (Wildman–Crippen LogP) is 1.68. The van der Waals surface area contributed by atoms with Gasteiger partial charge in [-0.1, -0.05) is 24.3 Å². The number of ether oxygens (including phenoxy) is 1. The average Bonchev–Trinajstić information content (AvgIpc) is 2.42. The van der Waals surface area contributed by atoms with Gasteiger partial charge in [-0.2, -0.15) is 0 Å². The summed E-state index contributed by atoms with van der Waals surface area (Å²) < 4.78 is 4.95. The summed E-state index contributed by atoms with van der Waals surface area (Å²) in [5.41, 5.74) is 0.259. The fourth-order valence-corrected chi connectivity index (χ4v) is 1.73. The molecule has 2 nitrogen and oxygen atoms in total. The molecule has 0 N–H and O–H groups in total. The normalized spacial score (nSPS) is 27.9. The van der Waals surface area contributed by atoms with E-state index in [9.17, 15) is 4.79 Å². The molecular formula is C10H12O2. The molecule has 12 heavy (non-hydrogen) atoms. The molecule has 2 aliphatic carbocycles. The Morgan fingerprint density at radius 2 is 2.25 bits per heavy atom. The van der Waals surface area contributed by atoms with Crippen molar-refractivity contribution in [1.29, 1.82) is 0 Å². The van der Waals surface area contributed by atoms with Crippen LogP contribution in [0.15, 0.2) is 24.3 Å². The average molecular weight is 164 g/mol. The molecule has 1 saturated carbocycles. The third kappa shape index (κ3) is 1.17. The first-order valence-corrected chi connectivity index (χ1v) is 4.23. The van der Waals surface area contributed by atoms with Gasteiger partial charge in [0.1, 0.15) is 0 Å². The van der Waals surface area contributed by atoms with E-state index < -0.39 is 0 Å². The Bertz CT molecular complexity index is 251. The molecule has 0 aliphatic heterocycles. The molecule has 0 aromatic rings. The smallest absolute Gasteiger partial charge is 0.302 e. The Labute approximate surface area is 71.9 Å². The van der Waals surface area contributed by atoms with E-state index in [1.807, 2.05) is 0 Å². The highest BCUT2D eigenvalue weighted by Crippen LogP contribution is 2.56. The van der Waals surface area contributed by atoms with Crippen molar-refractivity contribution in [3.05, 3.63) is 24.3 Å². The van der Waals surface area contributed by atoms with E-state index >= 15 is 0 Å². The molecule has 2 heteroatoms. The SMILES string of the molecule is CC(=O)OC[C@H]1CC12C=CC=C2. The van der Waals surface area contributed by atoms with Crippen LogP contribution in [0.3, 0.4) is 0 Å². The highest BCUT2D eigenvalue weighted by molar-refractivity contribution is 5.66. The maximum Gasteiger partial charge on any atom is 0.302 e. The van der Waals surface area contributed by atoms with Gasteiger partial charge in [0.2, 0.25) is 0 Å². The maximum absolute atomic E-state index is 10.5. The first-order valence-electron chi connectivity index (χ1n) is 4.23. The Morgan fingerprint density at radius 3 is 2.83 bits per heavy atom. The molecule has 0 saturated heterocycles. The van der Waals surface area contributed by atoms with Gasteiger partial charge in [0, 0.05) is 18.3 Å². The topological polar surface area (TPSA) is 26.3 Å². The van der Waals surface area contributed by atoms with Crippen LogP contribution in [-0.2, 0) is 9.53 Å². The van der Waals surface area contributed by atoms with E-state index in [1.54, 1.807) is 0 Å². The number of carbonyl (C=O) groups is 1. The molecule has 2 rings (SSSR count). The van der Waals surface area contributed by atoms with Crippen LogP contribution < -0.4 is 0 Å². The second-order valence-corrected chi connectivity index (χ2v) is 3.53. The maximum atomic E-state index is 10.5. The van der Waals surface area contributed by atoms with E-state index in [1.165, 1.54) is 6.92 Å². The summed E-state index contributed by atoms with van der Waals surface area (Å²) in [4.78, 5) is 10.5. The van der Waals surface area contributed by atoms with Gasteiger partial charge in [0.25, 0.3) is 0 Å². The lowest BCUT2D eigenvalue weighted by Crippen LogP contribution is -2.05. The molecular weight excluding hydrogens is 152 g/mol. The Balaban J connectivity index is 1.84. The highest BCUT2D eigenvalue weighted by Gasteiger charge is 2.51. The zero-order chi connectivity index (χ0) is 8.60. The molecule has 2 aliphatic rings. The van der Waals surface area contributed by atoms with E-state index in [4.69, 9.17) is 4.74 Å². The van der Waals surface area contributed by atoms with Crippen molar-refractivity contribution in [1.82, 2.24) is 0 Å². The predicted molar refractivity (Wildman–Crippen MR) is 45.5 cm³/mol. The number of allylic oxidation sites excluding steroid dienone is 4. The van der Waals surface area contributed by atoms with Crippen molar-refractivity contribution in [2.75, 3.05) is 6.61 Å². The van der Waals surface area contributed by atoms with E-state index in [0.29, 0.717) is 12.5 Å². The minimum atomic E-state index is -0.178. The fraction of sp³-hybridized carbons (Fsp3) is 0.500. The van der Waals surface area contributed by atoms with Gasteiger partial charge in [-0.15, -0.1) is 0 Å². The van der Waals surface area contributed by atoms with Crippen LogP contribution in [0.25, 0.3) is 0 Å². The molecule has 64 valence electrons. The number of hydrogen-bond acceptors (Lipinski definition) is 2. The lowest BCUT2D eigenvalue weighted by molar-refractivity contribution is -0.141. The van der Waals surface area contributed by atoms with Crippen LogP contribution in [0.4, 0.5) is 0 Å². The van der Waals surface area contributed by atoms with Crippen LogP contribution in [0.5, 0.6) is 0 Å². The minimum absolute atomic E-state index is 0.178. The Hall–Kier alpha value is -1.05. The zero-order valence-electron chi connectivity index (χ0n) is 7.12. The lowest BCUT2D eigenvalue weighted by Gasteiger charge is -2.03. The summed E-state index contributed by atoms with van der Waals surface area (Å²) in [5.74, 6) is 0.347. The standard InChI is InChI=1S/C10H12O2/c1-8(11)12-7-9-6-10(9)4-2-3-5-10/h2-5,9H,6-7H2,1H3/t9-/m1/s1. The number of carbonyl (C=O) groups excluding carboxylic acids is 1. The van der Waals surface area contributed by atoms with Crippen LogP contribution in [0, 0.1) is 11.3 Å². The monoisotopic (exact) mass is 164 g/mol. The summed E-state index contributed by atoms with van der Waals surface area (Å²) in [6.07, 6.45) is 9.65. The van der Waals surface area contributed by atoms with Gasteiger partial charge >= 0.3 is 5.97 Å². The first kappa shape index (κ1) is 7.59. The van der Waals surface area contributed by atoms with E-state index in [2.05, 4.69) is 24.3 Å². The largest absolute Gasteiger partial charge is 0.466 e. The third-order valence-corrected chi connectivity index (χ3v) is 2.61. The van der Waals surface area contributed by atoms with Crippen LogP contribution in [-0.4, -0.2) is 12.6 Å². The highest BCUT2D eigenvalue weighted by atomic mass is 16.5. The van der Waals surface area contributed by atoms with Gasteiger partial charge in [0.15, 0.2) is 0 Å². The van der Waals surface area contributed by atoms with E-state index in [0.717, 1.165) is 6.42 Å². The molecule has 0 bridgehead atoms. The van der Waals surface area contributed by atoms with Gasteiger partial charge in [-0.05, 0) is 6.42 Å². The summed E-state index contributed by atoms with van der Waals surface area (Å²) >= 11 is 0.